The first kappa shape index (κ1) is 25.8. The molecule has 0 radical (unpaired) electrons. The maximum absolute atomic E-state index is 0. The van der Waals surface area contributed by atoms with Gasteiger partial charge in [-0.3, -0.25) is 0 Å². The van der Waals surface area contributed by atoms with Crippen molar-refractivity contribution in [3.63, 3.8) is 0 Å². The normalized spacial score (nSPS) is 0. The second kappa shape index (κ2) is 16.0. The zero-order chi connectivity index (χ0) is 0. The van der Waals surface area contributed by atoms with E-state index in [2.05, 4.69) is 0 Å². The fourth-order valence-electron chi connectivity index (χ4n) is 0. The van der Waals surface area contributed by atoms with E-state index in [1.807, 2.05) is 0 Å². The average molecular weight is 133 g/mol. The molecule has 1 N–H and O–H groups in total. The smallest absolute Gasteiger partial charge is 1.00 e. The first-order chi connectivity index (χ1) is 0. The van der Waals surface area contributed by atoms with Crippen LogP contribution in [0, 0.1) is 0 Å². The predicted octanol–water partition coefficient (Wildman–Crippen LogP) is -5.63. The van der Waals surface area contributed by atoms with Gasteiger partial charge in [-0.15, -0.1) is 12.4 Å². The van der Waals surface area contributed by atoms with E-state index in [-0.39, 0.29) is 122 Å². The Balaban J connectivity index is 0. The summed E-state index contributed by atoms with van der Waals surface area (Å²) in [6.07, 6.45) is 0. The van der Waals surface area contributed by atoms with Gasteiger partial charge in [0.25, 0.3) is 0 Å². The Hall–Kier alpha value is 3.52. The van der Waals surface area contributed by atoms with E-state index in [4.69, 9.17) is 0 Å². The van der Waals surface area contributed by atoms with Gasteiger partial charge in [-0.2, -0.15) is 0 Å². The number of rotatable bonds is 0. The van der Waals surface area contributed by atoms with Crippen LogP contribution >= 0.6 is 12.4 Å². The molecule has 0 fully saturated rings. The van der Waals surface area contributed by atoms with Crippen LogP contribution in [0.4, 0.5) is 0 Å². The monoisotopic (exact) mass is 132 g/mol. The van der Waals surface area contributed by atoms with Crippen molar-refractivity contribution in [1.82, 2.24) is 0 Å². The van der Waals surface area contributed by atoms with E-state index in [1.54, 1.807) is 0 Å². The van der Waals surface area contributed by atoms with Gasteiger partial charge < -0.3 is 6.90 Å². The zero-order valence-electron chi connectivity index (χ0n) is 3.86. The summed E-state index contributed by atoms with van der Waals surface area (Å²) in [6, 6.07) is 0. The van der Waals surface area contributed by atoms with Crippen molar-refractivity contribution in [2.45, 2.75) is 0 Å². The van der Waals surface area contributed by atoms with Gasteiger partial charge in [0.1, 0.15) is 0 Å². The average Bonchev–Trinajstić information content (AvgIpc) is 0. The first-order valence-corrected chi connectivity index (χ1v) is 0. The van der Waals surface area contributed by atoms with Gasteiger partial charge in [0.2, 0.25) is 0 Å². The van der Waals surface area contributed by atoms with Crippen LogP contribution in [0.2, 0.25) is 0 Å². The molecule has 0 aromatic carbocycles. The molecule has 0 aliphatic carbocycles. The molecule has 18 valence electrons. The van der Waals surface area contributed by atoms with Crippen molar-refractivity contribution in [3.05, 3.63) is 0 Å². The third-order valence-corrected chi connectivity index (χ3v) is 0. The minimum atomic E-state index is 0. The van der Waals surface area contributed by atoms with E-state index in [0.717, 1.165) is 0 Å². The van der Waals surface area contributed by atoms with Crippen LogP contribution in [0.25, 0.3) is 0 Å². The van der Waals surface area contributed by atoms with Crippen molar-refractivity contribution < 1.29 is 110 Å². The summed E-state index contributed by atoms with van der Waals surface area (Å²) in [6.45, 7) is 0. The minimum absolute atomic E-state index is 0. The van der Waals surface area contributed by atoms with Crippen LogP contribution in [-0.4, -0.2) is 5.48 Å². The molecule has 0 atom stereocenters. The molecule has 0 rings (SSSR count). The Labute approximate surface area is 118 Å². The molecule has 0 aliphatic heterocycles. The second-order valence-corrected chi connectivity index (χ2v) is 0. The molecule has 0 saturated heterocycles. The number of hydrogen-bond acceptors (Lipinski definition) is 1. The summed E-state index contributed by atoms with van der Waals surface area (Å²) in [5.74, 6) is 0. The summed E-state index contributed by atoms with van der Waals surface area (Å²) in [5, 5.41) is 0. The van der Waals surface area contributed by atoms with Crippen molar-refractivity contribution in [2.75, 3.05) is 0 Å². The van der Waals surface area contributed by atoms with Crippen molar-refractivity contribution in [3.8, 4) is 0 Å². The van der Waals surface area contributed by atoms with E-state index in [9.17, 15) is 0 Å². The molecule has 0 aromatic heterocycles. The first-order valence-electron chi connectivity index (χ1n) is 0. The fraction of sp³-hybridized carbons (Fsp3) is 0. The summed E-state index contributed by atoms with van der Waals surface area (Å²) in [4.78, 5) is 0. The van der Waals surface area contributed by atoms with Crippen LogP contribution in [0.3, 0.4) is 0 Å². The molecule has 0 spiro atoms. The topological polar surface area (TPSA) is 30.0 Å². The molecule has 0 aromatic rings. The molecular weight excluding hydrogens is 130 g/mol. The van der Waals surface area contributed by atoms with Crippen LogP contribution in [-0.2, 0) is 0 Å². The molecule has 0 amide bonds. The van der Waals surface area contributed by atoms with E-state index in [0.29, 0.717) is 0 Å². The van der Waals surface area contributed by atoms with Gasteiger partial charge in [-0.25, -0.2) is 0 Å². The molecular formula is H3ClK2O. The minimum Gasteiger partial charge on any atom is -1.00 e. The second-order valence-electron chi connectivity index (χ2n) is 0. The van der Waals surface area contributed by atoms with Crippen LogP contribution < -0.4 is 103 Å². The molecule has 0 bridgehead atoms. The van der Waals surface area contributed by atoms with Gasteiger partial charge in [0, 0.05) is 0 Å². The van der Waals surface area contributed by atoms with Gasteiger partial charge in [0.05, 0.1) is 0 Å². The van der Waals surface area contributed by atoms with Crippen LogP contribution in [0.15, 0.2) is 0 Å². The molecule has 0 saturated carbocycles. The SMILES string of the molecule is Cl.[H-].[K+].[K+].[OH-]. The third-order valence-electron chi connectivity index (χ3n) is 0. The maximum Gasteiger partial charge on any atom is 1.00 e. The Morgan fingerprint density at radius 2 is 1.00 bits per heavy atom. The Morgan fingerprint density at radius 1 is 1.00 bits per heavy atom. The van der Waals surface area contributed by atoms with E-state index in [1.165, 1.54) is 0 Å². The molecule has 4 heteroatoms. The van der Waals surface area contributed by atoms with Crippen molar-refractivity contribution in [1.29, 1.82) is 0 Å². The van der Waals surface area contributed by atoms with Gasteiger partial charge >= 0.3 is 103 Å². The molecule has 0 aliphatic rings. The fourth-order valence-corrected chi connectivity index (χ4v) is 0. The predicted molar refractivity (Wildman–Crippen MR) is 10.3 cm³/mol. The Kier molecular flexibility index (Phi) is 103. The third kappa shape index (κ3) is 9.10. The molecule has 0 unspecified atom stereocenters. The van der Waals surface area contributed by atoms with Crippen molar-refractivity contribution in [2.24, 2.45) is 0 Å². The molecule has 4 heavy (non-hydrogen) atoms. The Morgan fingerprint density at radius 3 is 1.00 bits per heavy atom. The number of halogens is 1. The van der Waals surface area contributed by atoms with Gasteiger partial charge in [-0.1, -0.05) is 0 Å². The number of hydrogen-bond donors (Lipinski definition) is 0. The summed E-state index contributed by atoms with van der Waals surface area (Å²) in [5.41, 5.74) is 0. The summed E-state index contributed by atoms with van der Waals surface area (Å²) in [7, 11) is 0. The summed E-state index contributed by atoms with van der Waals surface area (Å²) >= 11 is 0. The maximum atomic E-state index is 0. The van der Waals surface area contributed by atoms with Crippen molar-refractivity contribution >= 4 is 12.4 Å². The molecule has 0 heterocycles. The van der Waals surface area contributed by atoms with E-state index >= 15 is 0 Å². The van der Waals surface area contributed by atoms with Gasteiger partial charge in [0.15, 0.2) is 0 Å². The standard InChI is InChI=1S/ClH.2K.H2O.H/h1H;;;1H2;/q;2*+1;;-1/p-1. The quantitative estimate of drug-likeness (QED) is 0.303. The van der Waals surface area contributed by atoms with Gasteiger partial charge in [-0.05, 0) is 0 Å². The van der Waals surface area contributed by atoms with Crippen LogP contribution in [0.5, 0.6) is 0 Å². The molecule has 1 nitrogen and oxygen atoms in total. The largest absolute Gasteiger partial charge is 1.00 e. The Bertz CT molecular complexity index is 9.61. The van der Waals surface area contributed by atoms with E-state index < -0.39 is 0 Å². The van der Waals surface area contributed by atoms with Crippen LogP contribution in [0.1, 0.15) is 1.43 Å². The summed E-state index contributed by atoms with van der Waals surface area (Å²) < 4.78 is 0. The zero-order valence-corrected chi connectivity index (χ0v) is 9.92.